The van der Waals surface area contributed by atoms with Crippen LogP contribution >= 0.6 is 11.6 Å². The average Bonchev–Trinajstić information content (AvgIpc) is 2.79. The highest BCUT2D eigenvalue weighted by molar-refractivity contribution is 6.16. The van der Waals surface area contributed by atoms with E-state index in [1.165, 1.54) is 0 Å². The average molecular weight is 294 g/mol. The third-order valence-corrected chi connectivity index (χ3v) is 3.82. The van der Waals surface area contributed by atoms with Gasteiger partial charge in [-0.15, -0.1) is 21.8 Å². The molecule has 0 bridgehead atoms. The molecule has 0 aromatic carbocycles. The molecule has 108 valence electrons. The zero-order chi connectivity index (χ0) is 13.9. The van der Waals surface area contributed by atoms with Crippen LogP contribution in [0, 0.1) is 0 Å². The van der Waals surface area contributed by atoms with E-state index in [0.29, 0.717) is 31.8 Å². The topological polar surface area (TPSA) is 39.9 Å². The number of methoxy groups -OCH3 is 1. The molecule has 7 heteroatoms. The lowest BCUT2D eigenvalue weighted by atomic mass is 9.86. The van der Waals surface area contributed by atoms with Gasteiger partial charge < -0.3 is 9.30 Å². The zero-order valence-corrected chi connectivity index (χ0v) is 11.7. The minimum absolute atomic E-state index is 0.0425. The number of nitrogens with zero attached hydrogens (tertiary/aromatic N) is 3. The number of hydrogen-bond donors (Lipinski definition) is 0. The van der Waals surface area contributed by atoms with E-state index in [9.17, 15) is 8.78 Å². The monoisotopic (exact) mass is 293 g/mol. The molecule has 1 aliphatic carbocycles. The van der Waals surface area contributed by atoms with Crippen molar-refractivity contribution in [1.29, 1.82) is 0 Å². The summed E-state index contributed by atoms with van der Waals surface area (Å²) in [5, 5.41) is 8.18. The normalized spacial score (nSPS) is 19.8. The van der Waals surface area contributed by atoms with Gasteiger partial charge in [-0.3, -0.25) is 0 Å². The van der Waals surface area contributed by atoms with E-state index in [0.717, 1.165) is 5.82 Å². The summed E-state index contributed by atoms with van der Waals surface area (Å²) in [6.07, 6.45) is 0.733. The maximum Gasteiger partial charge on any atom is 0.248 e. The van der Waals surface area contributed by atoms with Crippen molar-refractivity contribution in [3.8, 4) is 0 Å². The molecule has 0 saturated heterocycles. The first-order valence-electron chi connectivity index (χ1n) is 6.42. The van der Waals surface area contributed by atoms with Crippen LogP contribution in [0.1, 0.15) is 43.3 Å². The maximum absolute atomic E-state index is 13.2. The summed E-state index contributed by atoms with van der Waals surface area (Å²) < 4.78 is 33.3. The highest BCUT2D eigenvalue weighted by Gasteiger charge is 2.37. The first-order valence-corrected chi connectivity index (χ1v) is 6.95. The summed E-state index contributed by atoms with van der Waals surface area (Å²) >= 11 is 5.82. The lowest BCUT2D eigenvalue weighted by Gasteiger charge is -2.28. The van der Waals surface area contributed by atoms with Gasteiger partial charge in [0.2, 0.25) is 5.92 Å². The van der Waals surface area contributed by atoms with Gasteiger partial charge in [-0.05, 0) is 12.8 Å². The van der Waals surface area contributed by atoms with Crippen LogP contribution in [0.2, 0.25) is 0 Å². The second-order valence-corrected chi connectivity index (χ2v) is 5.15. The standard InChI is InChI=1S/C12H18ClF2N3O/c1-19-7-6-18-10(8-13)16-17-11(18)9-2-4-12(14,15)5-3-9/h9H,2-8H2,1H3. The molecule has 0 radical (unpaired) electrons. The van der Waals surface area contributed by atoms with Crippen LogP contribution < -0.4 is 0 Å². The summed E-state index contributed by atoms with van der Waals surface area (Å²) in [6.45, 7) is 1.13. The van der Waals surface area contributed by atoms with Gasteiger partial charge in [-0.1, -0.05) is 0 Å². The second-order valence-electron chi connectivity index (χ2n) is 4.88. The van der Waals surface area contributed by atoms with Crippen molar-refractivity contribution in [3.05, 3.63) is 11.6 Å². The van der Waals surface area contributed by atoms with Gasteiger partial charge in [0, 0.05) is 32.4 Å². The Morgan fingerprint density at radius 3 is 2.63 bits per heavy atom. The summed E-state index contributed by atoms with van der Waals surface area (Å²) in [6, 6.07) is 0. The van der Waals surface area contributed by atoms with E-state index in [4.69, 9.17) is 16.3 Å². The molecule has 1 heterocycles. The lowest BCUT2D eigenvalue weighted by Crippen LogP contribution is -2.25. The third kappa shape index (κ3) is 3.42. The molecule has 0 amide bonds. The number of rotatable bonds is 5. The van der Waals surface area contributed by atoms with Gasteiger partial charge in [0.15, 0.2) is 0 Å². The number of alkyl halides is 3. The summed E-state index contributed by atoms with van der Waals surface area (Å²) in [7, 11) is 1.62. The van der Waals surface area contributed by atoms with Crippen molar-refractivity contribution in [2.24, 2.45) is 0 Å². The molecule has 0 N–H and O–H groups in total. The fourth-order valence-electron chi connectivity index (χ4n) is 2.47. The van der Waals surface area contributed by atoms with E-state index in [1.807, 2.05) is 4.57 Å². The largest absolute Gasteiger partial charge is 0.383 e. The lowest BCUT2D eigenvalue weighted by molar-refractivity contribution is -0.0390. The van der Waals surface area contributed by atoms with Crippen LogP contribution in [0.25, 0.3) is 0 Å². The van der Waals surface area contributed by atoms with E-state index in [-0.39, 0.29) is 24.6 Å². The Balaban J connectivity index is 2.13. The molecule has 0 aliphatic heterocycles. The zero-order valence-electron chi connectivity index (χ0n) is 10.9. The van der Waals surface area contributed by atoms with Crippen LogP contribution in [0.15, 0.2) is 0 Å². The van der Waals surface area contributed by atoms with Crippen molar-refractivity contribution < 1.29 is 13.5 Å². The maximum atomic E-state index is 13.2. The van der Waals surface area contributed by atoms with E-state index in [1.54, 1.807) is 7.11 Å². The number of ether oxygens (including phenoxy) is 1. The quantitative estimate of drug-likeness (QED) is 0.784. The third-order valence-electron chi connectivity index (χ3n) is 3.58. The Bertz CT molecular complexity index is 415. The molecule has 0 atom stereocenters. The van der Waals surface area contributed by atoms with Gasteiger partial charge in [-0.2, -0.15) is 0 Å². The molecule has 19 heavy (non-hydrogen) atoms. The Morgan fingerprint density at radius 1 is 1.37 bits per heavy atom. The molecule has 1 aromatic heterocycles. The minimum Gasteiger partial charge on any atom is -0.383 e. The van der Waals surface area contributed by atoms with Gasteiger partial charge in [0.1, 0.15) is 11.6 Å². The van der Waals surface area contributed by atoms with E-state index < -0.39 is 5.92 Å². The van der Waals surface area contributed by atoms with Crippen molar-refractivity contribution in [1.82, 2.24) is 14.8 Å². The molecule has 4 nitrogen and oxygen atoms in total. The number of aromatic nitrogens is 3. The molecule has 1 fully saturated rings. The van der Waals surface area contributed by atoms with Gasteiger partial charge in [0.05, 0.1) is 12.5 Å². The van der Waals surface area contributed by atoms with Gasteiger partial charge in [0.25, 0.3) is 0 Å². The SMILES string of the molecule is COCCn1c(CCl)nnc1C1CCC(F)(F)CC1. The Kier molecular flexibility index (Phi) is 4.73. The van der Waals surface area contributed by atoms with Crippen LogP contribution in [-0.2, 0) is 17.2 Å². The second kappa shape index (κ2) is 6.13. The Hall–Kier alpha value is -0.750. The molecule has 1 aromatic rings. The molecule has 2 rings (SSSR count). The molecular formula is C12H18ClF2N3O. The first-order chi connectivity index (χ1) is 9.07. The summed E-state index contributed by atoms with van der Waals surface area (Å²) in [5.74, 6) is -0.779. The van der Waals surface area contributed by atoms with Crippen LogP contribution in [0.4, 0.5) is 8.78 Å². The number of halogens is 3. The Morgan fingerprint density at radius 2 is 2.05 bits per heavy atom. The minimum atomic E-state index is -2.52. The molecule has 0 unspecified atom stereocenters. The van der Waals surface area contributed by atoms with Crippen LogP contribution in [-0.4, -0.2) is 34.4 Å². The van der Waals surface area contributed by atoms with E-state index in [2.05, 4.69) is 10.2 Å². The first kappa shape index (κ1) is 14.7. The molecule has 0 spiro atoms. The highest BCUT2D eigenvalue weighted by atomic mass is 35.5. The van der Waals surface area contributed by atoms with Crippen molar-refractivity contribution in [2.45, 2.75) is 49.9 Å². The van der Waals surface area contributed by atoms with Gasteiger partial charge >= 0.3 is 0 Å². The Labute approximate surface area is 116 Å². The van der Waals surface area contributed by atoms with Crippen molar-refractivity contribution >= 4 is 11.6 Å². The number of hydrogen-bond acceptors (Lipinski definition) is 3. The summed E-state index contributed by atoms with van der Waals surface area (Å²) in [4.78, 5) is 0. The predicted molar refractivity (Wildman–Crippen MR) is 67.6 cm³/mol. The van der Waals surface area contributed by atoms with Gasteiger partial charge in [-0.25, -0.2) is 8.78 Å². The smallest absolute Gasteiger partial charge is 0.248 e. The van der Waals surface area contributed by atoms with Crippen molar-refractivity contribution in [2.75, 3.05) is 13.7 Å². The molecule has 1 aliphatic rings. The van der Waals surface area contributed by atoms with E-state index >= 15 is 0 Å². The van der Waals surface area contributed by atoms with Crippen molar-refractivity contribution in [3.63, 3.8) is 0 Å². The highest BCUT2D eigenvalue weighted by Crippen LogP contribution is 2.40. The molecule has 1 saturated carbocycles. The van der Waals surface area contributed by atoms with Crippen LogP contribution in [0.3, 0.4) is 0 Å². The fourth-order valence-corrected chi connectivity index (χ4v) is 2.67. The predicted octanol–water partition coefficient (Wildman–Crippen LogP) is 2.96. The summed E-state index contributed by atoms with van der Waals surface area (Å²) in [5.41, 5.74) is 0. The van der Waals surface area contributed by atoms with Crippen LogP contribution in [0.5, 0.6) is 0 Å². The fraction of sp³-hybridized carbons (Fsp3) is 0.833. The molecular weight excluding hydrogens is 276 g/mol.